The molecule has 0 radical (unpaired) electrons. The van der Waals surface area contributed by atoms with Gasteiger partial charge in [0.05, 0.1) is 6.10 Å². The van der Waals surface area contributed by atoms with Crippen molar-refractivity contribution in [2.24, 2.45) is 0 Å². The lowest BCUT2D eigenvalue weighted by Gasteiger charge is -1.99. The van der Waals surface area contributed by atoms with Crippen molar-refractivity contribution in [3.8, 4) is 0 Å². The zero-order valence-corrected chi connectivity index (χ0v) is 7.37. The van der Waals surface area contributed by atoms with Crippen LogP contribution >= 0.6 is 0 Å². The van der Waals surface area contributed by atoms with Crippen LogP contribution < -0.4 is 5.32 Å². The van der Waals surface area contributed by atoms with Crippen molar-refractivity contribution in [1.29, 1.82) is 0 Å². The molecule has 0 aromatic carbocycles. The minimum Gasteiger partial charge on any atom is -0.392 e. The first-order valence-electron chi connectivity index (χ1n) is 4.61. The van der Waals surface area contributed by atoms with Crippen molar-refractivity contribution in [3.05, 3.63) is 0 Å². The van der Waals surface area contributed by atoms with E-state index in [-0.39, 0.29) is 6.10 Å². The molecule has 1 unspecified atom stereocenters. The quantitative estimate of drug-likeness (QED) is 0.476. The molecule has 2 aliphatic heterocycles. The van der Waals surface area contributed by atoms with E-state index in [1.165, 1.54) is 5.06 Å². The highest BCUT2D eigenvalue weighted by atomic mass is 16.5. The van der Waals surface area contributed by atoms with E-state index in [0.717, 1.165) is 45.4 Å². The summed E-state index contributed by atoms with van der Waals surface area (Å²) in [5.74, 6) is 0. The number of β-amino-alcohol motifs (C(OH)–C–C–N with tert-alkyl or cyclic N) is 1. The predicted octanol–water partition coefficient (Wildman–Crippen LogP) is -0.188. The maximum Gasteiger partial charge on any atom is 0.0676 e. The lowest BCUT2D eigenvalue weighted by molar-refractivity contribution is -0.0678. The first-order valence-corrected chi connectivity index (χ1v) is 4.61. The van der Waals surface area contributed by atoms with Gasteiger partial charge in [-0.1, -0.05) is 0 Å². The van der Waals surface area contributed by atoms with Crippen molar-refractivity contribution < 1.29 is 10.3 Å². The fourth-order valence-electron chi connectivity index (χ4n) is 1.34. The zero-order valence-electron chi connectivity index (χ0n) is 7.37. The topological polar surface area (TPSA) is 55.7 Å². The second-order valence-electron chi connectivity index (χ2n) is 3.31. The number of hydroxylamine groups is 2. The molecule has 0 aliphatic carbocycles. The van der Waals surface area contributed by atoms with E-state index < -0.39 is 0 Å². The molecule has 0 bridgehead atoms. The summed E-state index contributed by atoms with van der Waals surface area (Å²) in [6.07, 6.45) is 3.19. The Morgan fingerprint density at radius 2 is 1.92 bits per heavy atom. The largest absolute Gasteiger partial charge is 0.392 e. The summed E-state index contributed by atoms with van der Waals surface area (Å²) in [4.78, 5) is 0. The minimum atomic E-state index is -0.0648. The Morgan fingerprint density at radius 1 is 1.25 bits per heavy atom. The summed E-state index contributed by atoms with van der Waals surface area (Å²) in [7, 11) is 0. The monoisotopic (exact) mass is 174 g/mol. The average molecular weight is 174 g/mol. The zero-order chi connectivity index (χ0) is 8.81. The molecule has 72 valence electrons. The third-order valence-electron chi connectivity index (χ3n) is 2.12. The smallest absolute Gasteiger partial charge is 0.0676 e. The van der Waals surface area contributed by atoms with Crippen molar-refractivity contribution in [3.63, 3.8) is 0 Å². The molecule has 12 heavy (non-hydrogen) atoms. The maximum atomic E-state index is 8.67. The SMILES string of the molecule is OC1CCNC1.ON1CCCC1. The van der Waals surface area contributed by atoms with E-state index in [9.17, 15) is 0 Å². The molecule has 4 nitrogen and oxygen atoms in total. The fraction of sp³-hybridized carbons (Fsp3) is 1.00. The highest BCUT2D eigenvalue weighted by Gasteiger charge is 2.08. The Bertz CT molecular complexity index is 95.6. The van der Waals surface area contributed by atoms with E-state index in [0.29, 0.717) is 0 Å². The van der Waals surface area contributed by atoms with Crippen molar-refractivity contribution in [2.45, 2.75) is 25.4 Å². The number of nitrogens with zero attached hydrogens (tertiary/aromatic N) is 1. The molecule has 0 spiro atoms. The molecule has 1 atom stereocenters. The highest BCUT2D eigenvalue weighted by molar-refractivity contribution is 4.67. The van der Waals surface area contributed by atoms with Crippen LogP contribution in [0.3, 0.4) is 0 Å². The number of aliphatic hydroxyl groups excluding tert-OH is 1. The van der Waals surface area contributed by atoms with Crippen LogP contribution in [0.2, 0.25) is 0 Å². The summed E-state index contributed by atoms with van der Waals surface area (Å²) in [5, 5.41) is 21.6. The van der Waals surface area contributed by atoms with Crippen molar-refractivity contribution in [2.75, 3.05) is 26.2 Å². The minimum absolute atomic E-state index is 0.0648. The molecule has 3 N–H and O–H groups in total. The van der Waals surface area contributed by atoms with Gasteiger partial charge < -0.3 is 15.6 Å². The number of aliphatic hydroxyl groups is 1. The van der Waals surface area contributed by atoms with E-state index >= 15 is 0 Å². The van der Waals surface area contributed by atoms with E-state index in [4.69, 9.17) is 10.3 Å². The van der Waals surface area contributed by atoms with Gasteiger partial charge in [-0.3, -0.25) is 0 Å². The normalized spacial score (nSPS) is 30.0. The standard InChI is InChI=1S/2C4H9NO/c6-4-1-2-5-3-4;6-5-3-1-2-4-5/h4-6H,1-3H2;6H,1-4H2. The van der Waals surface area contributed by atoms with Gasteiger partial charge in [-0.15, -0.1) is 0 Å². The third-order valence-corrected chi connectivity index (χ3v) is 2.12. The number of hydrogen-bond donors (Lipinski definition) is 3. The van der Waals surface area contributed by atoms with Gasteiger partial charge >= 0.3 is 0 Å². The first-order chi connectivity index (χ1) is 5.79. The second-order valence-corrected chi connectivity index (χ2v) is 3.31. The van der Waals surface area contributed by atoms with Gasteiger partial charge in [-0.2, -0.15) is 5.06 Å². The molecule has 0 saturated carbocycles. The van der Waals surface area contributed by atoms with E-state index in [1.807, 2.05) is 0 Å². The molecule has 2 heterocycles. The van der Waals surface area contributed by atoms with E-state index in [2.05, 4.69) is 5.32 Å². The summed E-state index contributed by atoms with van der Waals surface area (Å²) in [6.45, 7) is 3.53. The lowest BCUT2D eigenvalue weighted by Crippen LogP contribution is -2.11. The molecule has 2 fully saturated rings. The third kappa shape index (κ3) is 4.01. The Balaban J connectivity index is 0.000000120. The van der Waals surface area contributed by atoms with Crippen LogP contribution in [-0.4, -0.2) is 47.7 Å². The molecule has 4 heteroatoms. The van der Waals surface area contributed by atoms with Crippen LogP contribution in [0.15, 0.2) is 0 Å². The van der Waals surface area contributed by atoms with E-state index in [1.54, 1.807) is 0 Å². The molecular formula is C8H18N2O2. The van der Waals surface area contributed by atoms with Crippen LogP contribution in [-0.2, 0) is 0 Å². The summed E-state index contributed by atoms with van der Waals surface area (Å²) < 4.78 is 0. The van der Waals surface area contributed by atoms with Crippen LogP contribution in [0, 0.1) is 0 Å². The Labute approximate surface area is 73.1 Å². The first kappa shape index (κ1) is 9.92. The Kier molecular flexibility index (Phi) is 4.53. The van der Waals surface area contributed by atoms with Crippen molar-refractivity contribution in [1.82, 2.24) is 10.4 Å². The number of nitrogens with one attached hydrogen (secondary N) is 1. The van der Waals surface area contributed by atoms with Gasteiger partial charge in [0.2, 0.25) is 0 Å². The van der Waals surface area contributed by atoms with Crippen LogP contribution in [0.4, 0.5) is 0 Å². The lowest BCUT2D eigenvalue weighted by atomic mass is 10.3. The van der Waals surface area contributed by atoms with Gasteiger partial charge in [0, 0.05) is 19.6 Å². The predicted molar refractivity (Wildman–Crippen MR) is 46.1 cm³/mol. The molecule has 0 amide bonds. The molecule has 0 aromatic heterocycles. The van der Waals surface area contributed by atoms with Crippen LogP contribution in [0.5, 0.6) is 0 Å². The van der Waals surface area contributed by atoms with Gasteiger partial charge in [0.25, 0.3) is 0 Å². The number of hydrogen-bond acceptors (Lipinski definition) is 4. The maximum absolute atomic E-state index is 8.67. The number of rotatable bonds is 0. The van der Waals surface area contributed by atoms with Gasteiger partial charge in [0.1, 0.15) is 0 Å². The van der Waals surface area contributed by atoms with Crippen LogP contribution in [0.25, 0.3) is 0 Å². The Morgan fingerprint density at radius 3 is 2.08 bits per heavy atom. The molecule has 2 rings (SSSR count). The molecule has 0 aromatic rings. The molecule has 2 aliphatic rings. The second kappa shape index (κ2) is 5.48. The summed E-state index contributed by atoms with van der Waals surface area (Å²) in [6, 6.07) is 0. The fourth-order valence-corrected chi connectivity index (χ4v) is 1.34. The summed E-state index contributed by atoms with van der Waals surface area (Å²) in [5.41, 5.74) is 0. The van der Waals surface area contributed by atoms with Gasteiger partial charge in [0.15, 0.2) is 0 Å². The summed E-state index contributed by atoms with van der Waals surface area (Å²) >= 11 is 0. The van der Waals surface area contributed by atoms with Gasteiger partial charge in [-0.05, 0) is 25.8 Å². The Hall–Kier alpha value is -0.160. The van der Waals surface area contributed by atoms with Crippen molar-refractivity contribution >= 4 is 0 Å². The van der Waals surface area contributed by atoms with Crippen LogP contribution in [0.1, 0.15) is 19.3 Å². The van der Waals surface area contributed by atoms with Gasteiger partial charge in [-0.25, -0.2) is 0 Å². The molecule has 2 saturated heterocycles. The highest BCUT2D eigenvalue weighted by Crippen LogP contribution is 2.01. The molecular weight excluding hydrogens is 156 g/mol. The average Bonchev–Trinajstić information content (AvgIpc) is 2.63.